The summed E-state index contributed by atoms with van der Waals surface area (Å²) in [6.07, 6.45) is 0. The minimum absolute atomic E-state index is 0.197. The Morgan fingerprint density at radius 1 is 1.43 bits per heavy atom. The summed E-state index contributed by atoms with van der Waals surface area (Å²) in [5.74, 6) is 0. The fourth-order valence-corrected chi connectivity index (χ4v) is 0.245. The van der Waals surface area contributed by atoms with E-state index in [-0.39, 0.29) is 6.61 Å². The zero-order valence-corrected chi connectivity index (χ0v) is 5.52. The molecule has 0 aromatic rings. The molecule has 0 fully saturated rings. The van der Waals surface area contributed by atoms with E-state index in [2.05, 4.69) is 4.74 Å². The summed E-state index contributed by atoms with van der Waals surface area (Å²) in [5, 5.41) is 0. The van der Waals surface area contributed by atoms with Crippen LogP contribution in [0.25, 0.3) is 0 Å². The van der Waals surface area contributed by atoms with Crippen molar-refractivity contribution in [2.45, 2.75) is 3.79 Å². The van der Waals surface area contributed by atoms with Gasteiger partial charge in [0.25, 0.3) is 0 Å². The van der Waals surface area contributed by atoms with Crippen LogP contribution in [0.5, 0.6) is 0 Å². The highest BCUT2D eigenvalue weighted by molar-refractivity contribution is 6.67. The van der Waals surface area contributed by atoms with Crippen molar-refractivity contribution in [3.05, 3.63) is 7.11 Å². The lowest BCUT2D eigenvalue weighted by atomic mass is 10.8. The first kappa shape index (κ1) is 7.83. The number of halogens is 3. The summed E-state index contributed by atoms with van der Waals surface area (Å²) in [5.41, 5.74) is 0. The maximum Gasteiger partial charge on any atom is 0.213 e. The molecule has 7 heavy (non-hydrogen) atoms. The van der Waals surface area contributed by atoms with Crippen molar-refractivity contribution in [2.24, 2.45) is 0 Å². The van der Waals surface area contributed by atoms with Crippen LogP contribution in [0.4, 0.5) is 0 Å². The lowest BCUT2D eigenvalue weighted by molar-refractivity contribution is 0.249. The summed E-state index contributed by atoms with van der Waals surface area (Å²) in [6, 6.07) is 0. The monoisotopic (exact) mass is 159 g/mol. The zero-order chi connectivity index (χ0) is 5.91. The third-order valence-electron chi connectivity index (χ3n) is 0.236. The van der Waals surface area contributed by atoms with Crippen molar-refractivity contribution in [3.8, 4) is 0 Å². The summed E-state index contributed by atoms with van der Waals surface area (Å²) < 4.78 is 2.32. The van der Waals surface area contributed by atoms with E-state index in [9.17, 15) is 0 Å². The molecule has 4 heteroatoms. The Bertz CT molecular complexity index is 48.6. The standard InChI is InChI=1S/C3H2Cl3O/c1-7-2-3(4,5)6/h2H2. The SMILES string of the molecule is [C]OCC(Cl)(Cl)Cl. The molecule has 0 amide bonds. The van der Waals surface area contributed by atoms with E-state index in [1.54, 1.807) is 0 Å². The molecule has 0 spiro atoms. The predicted molar refractivity (Wildman–Crippen MR) is 29.5 cm³/mol. The third-order valence-corrected chi connectivity index (χ3v) is 0.563. The molecule has 0 saturated carbocycles. The largest absolute Gasteiger partial charge is 0.361 e. The Morgan fingerprint density at radius 2 is 1.86 bits per heavy atom. The van der Waals surface area contributed by atoms with Gasteiger partial charge in [-0.15, -0.1) is 0 Å². The first-order valence-corrected chi connectivity index (χ1v) is 2.55. The van der Waals surface area contributed by atoms with Gasteiger partial charge in [0.2, 0.25) is 3.79 Å². The molecule has 0 aliphatic carbocycles. The number of alkyl halides is 3. The molecule has 3 radical (unpaired) electrons. The van der Waals surface area contributed by atoms with E-state index in [4.69, 9.17) is 41.9 Å². The van der Waals surface area contributed by atoms with Crippen LogP contribution < -0.4 is 0 Å². The summed E-state index contributed by atoms with van der Waals surface area (Å²) in [6.45, 7) is -0.197. The van der Waals surface area contributed by atoms with Gasteiger partial charge in [-0.1, -0.05) is 34.8 Å². The predicted octanol–water partition coefficient (Wildman–Crippen LogP) is 1.92. The highest BCUT2D eigenvalue weighted by Gasteiger charge is 2.18. The van der Waals surface area contributed by atoms with E-state index in [0.717, 1.165) is 0 Å². The molecule has 0 atom stereocenters. The van der Waals surface area contributed by atoms with Crippen molar-refractivity contribution >= 4 is 34.8 Å². The zero-order valence-electron chi connectivity index (χ0n) is 3.25. The van der Waals surface area contributed by atoms with Crippen molar-refractivity contribution in [2.75, 3.05) is 6.61 Å². The van der Waals surface area contributed by atoms with Crippen LogP contribution >= 0.6 is 34.8 Å². The Morgan fingerprint density at radius 3 is 1.86 bits per heavy atom. The number of hydrogen-bond acceptors (Lipinski definition) is 1. The second kappa shape index (κ2) is 2.98. The maximum absolute atomic E-state index is 6.10. The van der Waals surface area contributed by atoms with Gasteiger partial charge >= 0.3 is 0 Å². The van der Waals surface area contributed by atoms with Crippen LogP contribution in [0.15, 0.2) is 0 Å². The lowest BCUT2D eigenvalue weighted by Crippen LogP contribution is -2.09. The molecule has 0 saturated heterocycles. The number of ether oxygens (including phenoxy) is 1. The van der Waals surface area contributed by atoms with Gasteiger partial charge in [-0.2, -0.15) is 0 Å². The van der Waals surface area contributed by atoms with Gasteiger partial charge in [-0.3, -0.25) is 0 Å². The molecule has 0 N–H and O–H groups in total. The summed E-state index contributed by atoms with van der Waals surface area (Å²) in [7, 11) is 6.10. The smallest absolute Gasteiger partial charge is 0.213 e. The van der Waals surface area contributed by atoms with Gasteiger partial charge in [-0.25, -0.2) is 0 Å². The second-order valence-corrected chi connectivity index (χ2v) is 3.42. The summed E-state index contributed by atoms with van der Waals surface area (Å²) >= 11 is 15.4. The van der Waals surface area contributed by atoms with Crippen LogP contribution in [0.3, 0.4) is 0 Å². The van der Waals surface area contributed by atoms with Gasteiger partial charge in [0, 0.05) is 0 Å². The van der Waals surface area contributed by atoms with Gasteiger partial charge in [-0.05, 0) is 0 Å². The lowest BCUT2D eigenvalue weighted by Gasteiger charge is -2.05. The molecule has 1 nitrogen and oxygen atoms in total. The number of hydrogen-bond donors (Lipinski definition) is 0. The van der Waals surface area contributed by atoms with Crippen molar-refractivity contribution in [1.82, 2.24) is 0 Å². The van der Waals surface area contributed by atoms with Crippen molar-refractivity contribution in [3.63, 3.8) is 0 Å². The van der Waals surface area contributed by atoms with Gasteiger partial charge < -0.3 is 4.74 Å². The third kappa shape index (κ3) is 6.83. The van der Waals surface area contributed by atoms with Gasteiger partial charge in [0.1, 0.15) is 0 Å². The van der Waals surface area contributed by atoms with Gasteiger partial charge in [0.05, 0.1) is 6.61 Å². The van der Waals surface area contributed by atoms with E-state index < -0.39 is 3.79 Å². The Labute approximate surface area is 57.5 Å². The summed E-state index contributed by atoms with van der Waals surface area (Å²) in [4.78, 5) is 0. The van der Waals surface area contributed by atoms with E-state index in [0.29, 0.717) is 0 Å². The molecular formula is C3H2Cl3O. The molecule has 0 bridgehead atoms. The van der Waals surface area contributed by atoms with Crippen LogP contribution in [0.1, 0.15) is 0 Å². The Kier molecular flexibility index (Phi) is 3.33. The molecule has 0 aromatic heterocycles. The van der Waals surface area contributed by atoms with Crippen LogP contribution in [-0.2, 0) is 4.74 Å². The topological polar surface area (TPSA) is 9.23 Å². The van der Waals surface area contributed by atoms with Gasteiger partial charge in [0.15, 0.2) is 7.11 Å². The fraction of sp³-hybridized carbons (Fsp3) is 0.667. The molecule has 0 aliphatic heterocycles. The quantitative estimate of drug-likeness (QED) is 0.533. The molecule has 0 unspecified atom stereocenters. The Balaban J connectivity index is 3.15. The Hall–Kier alpha value is 0.830. The average molecular weight is 160 g/mol. The first-order chi connectivity index (χ1) is 3.06. The molecule has 0 aliphatic rings. The van der Waals surface area contributed by atoms with Crippen LogP contribution in [0.2, 0.25) is 0 Å². The van der Waals surface area contributed by atoms with Crippen LogP contribution in [0, 0.1) is 7.11 Å². The second-order valence-electron chi connectivity index (χ2n) is 0.904. The van der Waals surface area contributed by atoms with E-state index >= 15 is 0 Å². The van der Waals surface area contributed by atoms with E-state index in [1.165, 1.54) is 0 Å². The molecular weight excluding hydrogens is 158 g/mol. The molecule has 0 aromatic carbocycles. The minimum Gasteiger partial charge on any atom is -0.361 e. The minimum atomic E-state index is -1.44. The number of rotatable bonds is 1. The molecule has 41 valence electrons. The first-order valence-electron chi connectivity index (χ1n) is 1.41. The average Bonchev–Trinajstić information content (AvgIpc) is 1.30. The fourth-order valence-electron chi connectivity index (χ4n) is 0.0818. The maximum atomic E-state index is 6.10. The molecule has 0 heterocycles. The van der Waals surface area contributed by atoms with Crippen LogP contribution in [-0.4, -0.2) is 10.4 Å². The van der Waals surface area contributed by atoms with E-state index in [1.807, 2.05) is 0 Å². The normalized spacial score (nSPS) is 12.0. The highest BCUT2D eigenvalue weighted by Crippen LogP contribution is 2.25. The molecule has 0 rings (SSSR count). The van der Waals surface area contributed by atoms with Crippen molar-refractivity contribution < 1.29 is 4.74 Å². The highest BCUT2D eigenvalue weighted by atomic mass is 35.6. The van der Waals surface area contributed by atoms with Crippen molar-refractivity contribution in [1.29, 1.82) is 0 Å².